The van der Waals surface area contributed by atoms with E-state index in [1.165, 1.54) is 0 Å². The Balaban J connectivity index is 3.81. The lowest BCUT2D eigenvalue weighted by molar-refractivity contribution is -0.171. The van der Waals surface area contributed by atoms with Gasteiger partial charge in [0, 0.05) is 26.9 Å². The van der Waals surface area contributed by atoms with Gasteiger partial charge in [0.1, 0.15) is 29.9 Å². The number of likely N-dealkylation sites (N-methyl/N-ethyl adjacent to an activating group) is 2. The van der Waals surface area contributed by atoms with Crippen LogP contribution in [0.5, 0.6) is 0 Å². The molecular weight excluding hydrogens is 820 g/mol. The summed E-state index contributed by atoms with van der Waals surface area (Å²) in [5.74, 6) is -20.9. The Morgan fingerprint density at radius 2 is 1.18 bits per heavy atom. The number of ether oxygens (including phenoxy) is 2. The van der Waals surface area contributed by atoms with Crippen molar-refractivity contribution in [3.05, 3.63) is 0 Å². The number of carboxylic acids is 2. The highest BCUT2D eigenvalue weighted by molar-refractivity contribution is 7.93. The molecule has 0 bridgehead atoms. The molecule has 0 radical (unpaired) electrons. The number of ketones is 1. The molecule has 0 spiro atoms. The zero-order valence-electron chi connectivity index (χ0n) is 30.1. The number of sulfone groups is 2. The summed E-state index contributed by atoms with van der Waals surface area (Å²) in [5.41, 5.74) is 6.94. The van der Waals surface area contributed by atoms with Gasteiger partial charge in [-0.1, -0.05) is 0 Å². The average Bonchev–Trinajstić information content (AvgIpc) is 3.36. The van der Waals surface area contributed by atoms with E-state index in [4.69, 9.17) is 31.2 Å². The van der Waals surface area contributed by atoms with Gasteiger partial charge in [-0.25, -0.2) is 45.8 Å². The molecule has 29 heteroatoms. The van der Waals surface area contributed by atoms with Gasteiger partial charge in [-0.05, 0) is 19.8 Å². The van der Waals surface area contributed by atoms with Gasteiger partial charge in [-0.3, -0.25) is 33.6 Å². The van der Waals surface area contributed by atoms with Crippen LogP contribution in [0.4, 0.5) is 9.59 Å². The molecule has 0 aromatic rings. The topological polar surface area (TPSA) is 438 Å². The Kier molecular flexibility index (Phi) is 17.1. The van der Waals surface area contributed by atoms with Gasteiger partial charge in [0.05, 0.1) is 18.1 Å². The van der Waals surface area contributed by atoms with Crippen molar-refractivity contribution in [3.63, 3.8) is 0 Å². The second-order valence-electron chi connectivity index (χ2n) is 12.2. The average molecular weight is 861 g/mol. The highest BCUT2D eigenvalue weighted by Gasteiger charge is 2.68. The van der Waals surface area contributed by atoms with E-state index in [-0.39, 0.29) is 9.80 Å². The molecule has 1 aliphatic rings. The number of carboxylic acid groups (broad SMARTS) is 4. The smallest absolute Gasteiger partial charge is 0.413 e. The quantitative estimate of drug-likeness (QED) is 0.0394. The van der Waals surface area contributed by atoms with Crippen LogP contribution in [-0.2, 0) is 72.3 Å². The third-order valence-electron chi connectivity index (χ3n) is 7.87. The first-order valence-electron chi connectivity index (χ1n) is 16.0. The second-order valence-corrected chi connectivity index (χ2v) is 16.4. The standard InChI is InChI=1S/C28H40N6O21S2/c1-4-54-25(45)28(11-56(50,51)9-14(20(38)33(2)26(46)47)31-16(35)7-5-12(29)22(40)41)19(18(37)24(44)55-28)57(52,53)10-15(21(39)34(3)27(48)49)32-17(36)8-6-13(30)23(42)43/h12-15,19H,4-11,29-30H2,1-3H3,(H,31,35)(H,32,36)(H,40,41)(H,42,43)(H,46,47)(H,48,49). The number of carbonyl (C=O) groups is 11. The number of amides is 6. The van der Waals surface area contributed by atoms with Crippen LogP contribution in [0, 0.1) is 0 Å². The van der Waals surface area contributed by atoms with E-state index >= 15 is 0 Å². The number of Topliss-reactive ketones (excluding diaryl/α,β-unsaturated/α-hetero) is 1. The summed E-state index contributed by atoms with van der Waals surface area (Å²) in [4.78, 5) is 135. The summed E-state index contributed by atoms with van der Waals surface area (Å²) in [7, 11) is -9.87. The molecule has 6 amide bonds. The third-order valence-corrected chi connectivity index (χ3v) is 11.7. The number of cyclic esters (lactones) is 1. The number of nitrogens with one attached hydrogen (secondary N) is 2. The summed E-state index contributed by atoms with van der Waals surface area (Å²) in [6, 6.07) is -8.15. The van der Waals surface area contributed by atoms with Crippen LogP contribution in [-0.4, -0.2) is 186 Å². The predicted octanol–water partition coefficient (Wildman–Crippen LogP) is -5.76. The third kappa shape index (κ3) is 13.1. The van der Waals surface area contributed by atoms with Crippen LogP contribution in [0.2, 0.25) is 0 Å². The van der Waals surface area contributed by atoms with Gasteiger partial charge in [-0.2, -0.15) is 0 Å². The summed E-state index contributed by atoms with van der Waals surface area (Å²) < 4.78 is 65.0. The first kappa shape index (κ1) is 49.2. The Hall–Kier alpha value is -5.81. The predicted molar refractivity (Wildman–Crippen MR) is 182 cm³/mol. The van der Waals surface area contributed by atoms with E-state index < -0.39 is 170 Å². The van der Waals surface area contributed by atoms with Gasteiger partial charge in [0.2, 0.25) is 17.4 Å². The van der Waals surface area contributed by atoms with E-state index in [0.29, 0.717) is 14.1 Å². The monoisotopic (exact) mass is 860 g/mol. The molecule has 0 aromatic heterocycles. The maximum atomic E-state index is 14.0. The van der Waals surface area contributed by atoms with E-state index in [2.05, 4.69) is 0 Å². The molecule has 1 saturated heterocycles. The zero-order chi connectivity index (χ0) is 44.4. The Labute approximate surface area is 321 Å². The molecule has 1 fully saturated rings. The molecule has 6 unspecified atom stereocenters. The van der Waals surface area contributed by atoms with Crippen molar-refractivity contribution in [1.29, 1.82) is 0 Å². The summed E-state index contributed by atoms with van der Waals surface area (Å²) >= 11 is 0. The number of imide groups is 2. The fourth-order valence-corrected chi connectivity index (χ4v) is 9.00. The van der Waals surface area contributed by atoms with Crippen LogP contribution in [0.15, 0.2) is 0 Å². The molecule has 0 aromatic carbocycles. The molecular formula is C28H40N6O21S2. The largest absolute Gasteiger partial charge is 0.480 e. The maximum Gasteiger partial charge on any atom is 0.413 e. The van der Waals surface area contributed by atoms with Crippen LogP contribution < -0.4 is 22.1 Å². The summed E-state index contributed by atoms with van der Waals surface area (Å²) in [6.07, 6.45) is -6.74. The van der Waals surface area contributed by atoms with Gasteiger partial charge in [0.25, 0.3) is 17.6 Å². The molecule has 0 aliphatic carbocycles. The number of aliphatic carboxylic acids is 2. The van der Waals surface area contributed by atoms with Gasteiger partial charge in [0.15, 0.2) is 24.9 Å². The van der Waals surface area contributed by atoms with E-state index in [0.717, 1.165) is 6.92 Å². The molecule has 6 atom stereocenters. The van der Waals surface area contributed by atoms with Crippen molar-refractivity contribution in [2.75, 3.05) is 38.0 Å². The van der Waals surface area contributed by atoms with Crippen molar-refractivity contribution in [1.82, 2.24) is 20.4 Å². The Bertz CT molecular complexity index is 1900. The van der Waals surface area contributed by atoms with Crippen molar-refractivity contribution < 1.29 is 99.5 Å². The minimum Gasteiger partial charge on any atom is -0.480 e. The molecule has 320 valence electrons. The fraction of sp³-hybridized carbons (Fsp3) is 0.607. The molecule has 1 aliphatic heterocycles. The molecule has 1 heterocycles. The van der Waals surface area contributed by atoms with E-state index in [1.54, 1.807) is 0 Å². The van der Waals surface area contributed by atoms with Crippen LogP contribution in [0.3, 0.4) is 0 Å². The first-order valence-corrected chi connectivity index (χ1v) is 19.5. The molecule has 1 rings (SSSR count). The number of rotatable bonds is 21. The first-order chi connectivity index (χ1) is 26.0. The number of hydrogen-bond acceptors (Lipinski definition) is 19. The number of nitrogens with two attached hydrogens (primary N) is 2. The van der Waals surface area contributed by atoms with Crippen molar-refractivity contribution in [2.45, 2.75) is 67.6 Å². The molecule has 0 saturated carbocycles. The van der Waals surface area contributed by atoms with Crippen LogP contribution in [0.1, 0.15) is 32.6 Å². The fourth-order valence-electron chi connectivity index (χ4n) is 4.93. The van der Waals surface area contributed by atoms with E-state index in [9.17, 15) is 79.8 Å². The minimum atomic E-state index is -5.71. The second kappa shape index (κ2) is 19.9. The number of hydrogen-bond donors (Lipinski definition) is 8. The molecule has 57 heavy (non-hydrogen) atoms. The molecule has 10 N–H and O–H groups in total. The number of esters is 2. The normalized spacial score (nSPS) is 18.8. The maximum absolute atomic E-state index is 14.0. The summed E-state index contributed by atoms with van der Waals surface area (Å²) in [5, 5.41) is 36.9. The zero-order valence-corrected chi connectivity index (χ0v) is 31.8. The number of carbonyl (C=O) groups excluding carboxylic acids is 7. The van der Waals surface area contributed by atoms with E-state index in [1.807, 2.05) is 10.6 Å². The SMILES string of the molecule is CCOC(=O)C1(CS(=O)(=O)CC(NC(=O)CCC(N)C(=O)O)C(=O)N(C)C(=O)O)OC(=O)C(=O)C1S(=O)(=O)CC(NC(=O)CCC(N)C(=O)O)C(=O)N(C)C(=O)O. The van der Waals surface area contributed by atoms with Gasteiger partial charge in [-0.15, -0.1) is 0 Å². The van der Waals surface area contributed by atoms with Crippen molar-refractivity contribution in [2.24, 2.45) is 11.5 Å². The number of nitrogens with zero attached hydrogens (tertiary/aromatic N) is 2. The van der Waals surface area contributed by atoms with Crippen LogP contribution in [0.25, 0.3) is 0 Å². The lowest BCUT2D eigenvalue weighted by Crippen LogP contribution is -2.61. The lowest BCUT2D eigenvalue weighted by atomic mass is 10.0. The van der Waals surface area contributed by atoms with Crippen molar-refractivity contribution >= 4 is 85.2 Å². The highest BCUT2D eigenvalue weighted by Crippen LogP contribution is 2.35. The minimum absolute atomic E-state index is 0.0914. The Morgan fingerprint density at radius 1 is 0.772 bits per heavy atom. The summed E-state index contributed by atoms with van der Waals surface area (Å²) in [6.45, 7) is 0.407. The van der Waals surface area contributed by atoms with Gasteiger partial charge >= 0.3 is 36.1 Å². The Morgan fingerprint density at radius 3 is 1.54 bits per heavy atom. The molecule has 27 nitrogen and oxygen atoms in total. The highest BCUT2D eigenvalue weighted by atomic mass is 32.2. The van der Waals surface area contributed by atoms with Gasteiger partial charge < -0.3 is 52.0 Å². The van der Waals surface area contributed by atoms with Crippen molar-refractivity contribution in [3.8, 4) is 0 Å². The van der Waals surface area contributed by atoms with Crippen LogP contribution >= 0.6 is 0 Å². The lowest BCUT2D eigenvalue weighted by Gasteiger charge is -2.31.